The smallest absolute Gasteiger partial charge is 0.243 e. The number of carbonyl (C=O) groups is 2. The number of primary amides is 1. The lowest BCUT2D eigenvalue weighted by Crippen LogP contribution is -2.13. The van der Waals surface area contributed by atoms with E-state index in [1.807, 2.05) is 0 Å². The van der Waals surface area contributed by atoms with Gasteiger partial charge in [0.2, 0.25) is 11.8 Å². The zero-order valence-corrected chi connectivity index (χ0v) is 6.46. The van der Waals surface area contributed by atoms with Gasteiger partial charge in [0.05, 0.1) is 0 Å². The zero-order chi connectivity index (χ0) is 9.28. The van der Waals surface area contributed by atoms with Gasteiger partial charge in [-0.2, -0.15) is 0 Å². The second-order valence-corrected chi connectivity index (χ2v) is 1.42. The molecule has 3 N–H and O–H groups in total. The summed E-state index contributed by atoms with van der Waals surface area (Å²) in [5.74, 6) is -0.625. The first-order valence-corrected chi connectivity index (χ1v) is 2.84. The normalized spacial score (nSPS) is 6.08. The fourth-order valence-corrected chi connectivity index (χ4v) is 0.102. The molecule has 0 aliphatic rings. The summed E-state index contributed by atoms with van der Waals surface area (Å²) >= 11 is 0. The minimum atomic E-state index is -0.481. The molecular formula is C7H16N2O2Si. The fourth-order valence-electron chi connectivity index (χ4n) is 0.102. The molecule has 0 rings (SSSR count). The number of hydrogen-bond acceptors (Lipinski definition) is 2. The van der Waals surface area contributed by atoms with Crippen molar-refractivity contribution >= 4 is 22.8 Å². The number of amides is 2. The average molecular weight is 188 g/mol. The van der Waals surface area contributed by atoms with Crippen molar-refractivity contribution in [2.24, 2.45) is 5.73 Å². The molecule has 0 atom stereocenters. The Kier molecular flexibility index (Phi) is 17.4. The molecule has 0 bridgehead atoms. The van der Waals surface area contributed by atoms with E-state index in [0.29, 0.717) is 0 Å². The van der Waals surface area contributed by atoms with Gasteiger partial charge in [-0.05, 0) is 23.1 Å². The van der Waals surface area contributed by atoms with Crippen molar-refractivity contribution in [3.8, 4) is 0 Å². The Morgan fingerprint density at radius 1 is 1.33 bits per heavy atom. The first kappa shape index (κ1) is 16.9. The Labute approximate surface area is 76.5 Å². The molecule has 0 radical (unpaired) electrons. The summed E-state index contributed by atoms with van der Waals surface area (Å²) in [7, 11) is 1.56. The molecule has 5 heteroatoms. The van der Waals surface area contributed by atoms with E-state index in [9.17, 15) is 9.59 Å². The first-order chi connectivity index (χ1) is 5.08. The molecule has 0 aliphatic heterocycles. The van der Waals surface area contributed by atoms with Crippen molar-refractivity contribution in [1.82, 2.24) is 5.32 Å². The Hall–Kier alpha value is -1.36. The number of likely N-dealkylation sites (N-methyl/N-ethyl adjacent to an activating group) is 1. The van der Waals surface area contributed by atoms with Gasteiger partial charge >= 0.3 is 0 Å². The SMILES string of the molecule is C=CC(=O)NC.C=CC(N)=O.[SiH4]. The molecule has 0 spiro atoms. The van der Waals surface area contributed by atoms with E-state index < -0.39 is 5.91 Å². The standard InChI is InChI=1S/C4H7NO.C3H5NO.H4Si/c1-3-4(6)5-2;1-2-3(4)5;/h3H,1H2,2H3,(H,5,6);2H,1H2,(H2,4,5);1H4. The number of hydrogen-bond donors (Lipinski definition) is 2. The van der Waals surface area contributed by atoms with Crippen molar-refractivity contribution in [3.05, 3.63) is 25.3 Å². The van der Waals surface area contributed by atoms with Gasteiger partial charge in [0.25, 0.3) is 0 Å². The van der Waals surface area contributed by atoms with Gasteiger partial charge < -0.3 is 11.1 Å². The molecular weight excluding hydrogens is 172 g/mol. The van der Waals surface area contributed by atoms with E-state index >= 15 is 0 Å². The summed E-state index contributed by atoms with van der Waals surface area (Å²) in [6.07, 6.45) is 2.28. The van der Waals surface area contributed by atoms with Gasteiger partial charge in [0.1, 0.15) is 0 Å². The van der Waals surface area contributed by atoms with Crippen LogP contribution in [0.3, 0.4) is 0 Å². The van der Waals surface area contributed by atoms with Gasteiger partial charge in [-0.3, -0.25) is 9.59 Å². The van der Waals surface area contributed by atoms with E-state index in [-0.39, 0.29) is 16.9 Å². The molecule has 0 fully saturated rings. The third-order valence-corrected chi connectivity index (χ3v) is 0.633. The summed E-state index contributed by atoms with van der Waals surface area (Å²) in [5.41, 5.74) is 4.53. The maximum absolute atomic E-state index is 9.95. The van der Waals surface area contributed by atoms with E-state index in [1.165, 1.54) is 6.08 Å². The van der Waals surface area contributed by atoms with Crippen LogP contribution in [-0.4, -0.2) is 29.8 Å². The predicted molar refractivity (Wildman–Crippen MR) is 55.0 cm³/mol. The predicted octanol–water partition coefficient (Wildman–Crippen LogP) is -1.88. The highest BCUT2D eigenvalue weighted by Gasteiger charge is 1.78. The third-order valence-electron chi connectivity index (χ3n) is 0.633. The van der Waals surface area contributed by atoms with Crippen LogP contribution in [0.25, 0.3) is 0 Å². The van der Waals surface area contributed by atoms with Crippen LogP contribution in [0.15, 0.2) is 25.3 Å². The van der Waals surface area contributed by atoms with Crippen LogP contribution in [0.5, 0.6) is 0 Å². The fraction of sp³-hybridized carbons (Fsp3) is 0.143. The number of nitrogens with two attached hydrogens (primary N) is 1. The van der Waals surface area contributed by atoms with Gasteiger partial charge in [0, 0.05) is 7.05 Å². The first-order valence-electron chi connectivity index (χ1n) is 2.84. The second kappa shape index (κ2) is 12.3. The van der Waals surface area contributed by atoms with Gasteiger partial charge in [-0.15, -0.1) is 0 Å². The zero-order valence-electron chi connectivity index (χ0n) is 6.46. The Balaban J connectivity index is -0.000000126. The number of rotatable bonds is 2. The van der Waals surface area contributed by atoms with Gasteiger partial charge in [-0.1, -0.05) is 13.2 Å². The Morgan fingerprint density at radius 2 is 1.67 bits per heavy atom. The van der Waals surface area contributed by atoms with Crippen LogP contribution in [0.1, 0.15) is 0 Å². The summed E-state index contributed by atoms with van der Waals surface area (Å²) in [4.78, 5) is 19.4. The highest BCUT2D eigenvalue weighted by Crippen LogP contribution is 1.56. The van der Waals surface area contributed by atoms with Crippen molar-refractivity contribution in [2.75, 3.05) is 7.05 Å². The monoisotopic (exact) mass is 188 g/mol. The van der Waals surface area contributed by atoms with E-state index in [0.717, 1.165) is 6.08 Å². The van der Waals surface area contributed by atoms with Crippen LogP contribution in [0.4, 0.5) is 0 Å². The lowest BCUT2D eigenvalue weighted by Gasteiger charge is -1.82. The minimum absolute atomic E-state index is 0. The summed E-state index contributed by atoms with van der Waals surface area (Å²) in [6, 6.07) is 0. The van der Waals surface area contributed by atoms with E-state index in [4.69, 9.17) is 0 Å². The molecule has 70 valence electrons. The Morgan fingerprint density at radius 3 is 1.67 bits per heavy atom. The van der Waals surface area contributed by atoms with Crippen molar-refractivity contribution < 1.29 is 9.59 Å². The van der Waals surface area contributed by atoms with Crippen molar-refractivity contribution in [3.63, 3.8) is 0 Å². The van der Waals surface area contributed by atoms with Crippen LogP contribution < -0.4 is 11.1 Å². The average Bonchev–Trinajstić information content (AvgIpc) is 2.04. The van der Waals surface area contributed by atoms with Crippen LogP contribution in [0, 0.1) is 0 Å². The van der Waals surface area contributed by atoms with Crippen LogP contribution in [0.2, 0.25) is 0 Å². The van der Waals surface area contributed by atoms with Gasteiger partial charge in [-0.25, -0.2) is 0 Å². The molecule has 0 saturated heterocycles. The minimum Gasteiger partial charge on any atom is -0.366 e. The second-order valence-electron chi connectivity index (χ2n) is 1.42. The molecule has 0 aromatic heterocycles. The van der Waals surface area contributed by atoms with E-state index in [1.54, 1.807) is 7.05 Å². The van der Waals surface area contributed by atoms with Gasteiger partial charge in [0.15, 0.2) is 0 Å². The Bertz CT molecular complexity index is 169. The molecule has 2 amide bonds. The number of nitrogens with one attached hydrogen (secondary N) is 1. The molecule has 12 heavy (non-hydrogen) atoms. The molecule has 4 nitrogen and oxygen atoms in total. The highest BCUT2D eigenvalue weighted by atomic mass is 28.1. The molecule has 0 heterocycles. The van der Waals surface area contributed by atoms with Crippen molar-refractivity contribution in [2.45, 2.75) is 0 Å². The lowest BCUT2D eigenvalue weighted by atomic mass is 10.6. The molecule has 0 aromatic rings. The van der Waals surface area contributed by atoms with E-state index in [2.05, 4.69) is 24.2 Å². The summed E-state index contributed by atoms with van der Waals surface area (Å²) in [6.45, 7) is 6.31. The lowest BCUT2D eigenvalue weighted by molar-refractivity contribution is -0.116. The maximum Gasteiger partial charge on any atom is 0.243 e. The summed E-state index contributed by atoms with van der Waals surface area (Å²) < 4.78 is 0. The maximum atomic E-state index is 9.95. The quantitative estimate of drug-likeness (QED) is 0.393. The highest BCUT2D eigenvalue weighted by molar-refractivity contribution is 5.86. The molecule has 0 aromatic carbocycles. The number of carbonyl (C=O) groups excluding carboxylic acids is 2. The van der Waals surface area contributed by atoms with Crippen LogP contribution in [-0.2, 0) is 9.59 Å². The molecule has 0 aliphatic carbocycles. The molecule has 0 saturated carbocycles. The topological polar surface area (TPSA) is 72.2 Å². The molecule has 0 unspecified atom stereocenters. The summed E-state index contributed by atoms with van der Waals surface area (Å²) in [5, 5.41) is 2.36. The van der Waals surface area contributed by atoms with Crippen LogP contribution >= 0.6 is 0 Å². The third kappa shape index (κ3) is 23.4. The van der Waals surface area contributed by atoms with Crippen molar-refractivity contribution in [1.29, 1.82) is 0 Å². The largest absolute Gasteiger partial charge is 0.366 e.